The van der Waals surface area contributed by atoms with Gasteiger partial charge in [-0.25, -0.2) is 4.98 Å². The van der Waals surface area contributed by atoms with E-state index < -0.39 is 24.7 Å². The van der Waals surface area contributed by atoms with Gasteiger partial charge in [-0.05, 0) is 24.3 Å². The van der Waals surface area contributed by atoms with E-state index in [1.807, 2.05) is 30.3 Å². The molecule has 35 heavy (non-hydrogen) atoms. The van der Waals surface area contributed by atoms with Gasteiger partial charge in [0.25, 0.3) is 11.8 Å². The molecular weight excluding hydrogens is 461 g/mol. The van der Waals surface area contributed by atoms with Crippen molar-refractivity contribution < 1.29 is 22.4 Å². The SMILES string of the molecule is O=C(c1ccc(-c2cncc(-c3nnc(-c4ccccc4)o3)n2)cc1)N1CCNC(C(F)(F)F)C1. The second-order valence-electron chi connectivity index (χ2n) is 7.94. The van der Waals surface area contributed by atoms with E-state index >= 15 is 0 Å². The summed E-state index contributed by atoms with van der Waals surface area (Å²) in [6, 6.07) is 14.1. The highest BCUT2D eigenvalue weighted by atomic mass is 19.4. The second-order valence-corrected chi connectivity index (χ2v) is 7.94. The number of halogens is 3. The van der Waals surface area contributed by atoms with Gasteiger partial charge in [0, 0.05) is 36.3 Å². The zero-order valence-electron chi connectivity index (χ0n) is 18.2. The Morgan fingerprint density at radius 3 is 2.40 bits per heavy atom. The Kier molecular flexibility index (Phi) is 6.00. The van der Waals surface area contributed by atoms with Gasteiger partial charge < -0.3 is 14.6 Å². The maximum atomic E-state index is 13.0. The summed E-state index contributed by atoms with van der Waals surface area (Å²) in [6.07, 6.45) is -1.35. The number of alkyl halides is 3. The molecule has 2 aromatic carbocycles. The summed E-state index contributed by atoms with van der Waals surface area (Å²) in [4.78, 5) is 22.7. The van der Waals surface area contributed by atoms with Crippen molar-refractivity contribution in [1.82, 2.24) is 30.4 Å². The van der Waals surface area contributed by atoms with Crippen LogP contribution in [0.4, 0.5) is 13.2 Å². The van der Waals surface area contributed by atoms with E-state index in [4.69, 9.17) is 4.42 Å². The number of rotatable bonds is 4. The molecule has 4 aromatic rings. The lowest BCUT2D eigenvalue weighted by molar-refractivity contribution is -0.162. The van der Waals surface area contributed by atoms with E-state index in [0.29, 0.717) is 28.4 Å². The van der Waals surface area contributed by atoms with Crippen LogP contribution in [0.3, 0.4) is 0 Å². The number of amides is 1. The number of carbonyl (C=O) groups excluding carboxylic acids is 1. The third-order valence-electron chi connectivity index (χ3n) is 5.58. The topological polar surface area (TPSA) is 97.0 Å². The van der Waals surface area contributed by atoms with E-state index in [1.165, 1.54) is 11.1 Å². The van der Waals surface area contributed by atoms with Crippen molar-refractivity contribution in [3.63, 3.8) is 0 Å². The lowest BCUT2D eigenvalue weighted by atomic mass is 10.1. The van der Waals surface area contributed by atoms with Crippen molar-refractivity contribution in [1.29, 1.82) is 0 Å². The van der Waals surface area contributed by atoms with Gasteiger partial charge in [-0.1, -0.05) is 30.3 Å². The summed E-state index contributed by atoms with van der Waals surface area (Å²) in [5.41, 5.74) is 2.65. The molecule has 1 saturated heterocycles. The molecule has 0 aliphatic carbocycles. The van der Waals surface area contributed by atoms with Gasteiger partial charge >= 0.3 is 6.18 Å². The Balaban J connectivity index is 1.33. The van der Waals surface area contributed by atoms with Gasteiger partial charge in [0.1, 0.15) is 11.7 Å². The van der Waals surface area contributed by atoms with Gasteiger partial charge in [0.05, 0.1) is 18.1 Å². The number of nitrogens with zero attached hydrogens (tertiary/aromatic N) is 5. The number of aromatic nitrogens is 4. The lowest BCUT2D eigenvalue weighted by Gasteiger charge is -2.34. The molecule has 1 unspecified atom stereocenters. The van der Waals surface area contributed by atoms with Crippen LogP contribution >= 0.6 is 0 Å². The Hall–Kier alpha value is -4.12. The Bertz CT molecular complexity index is 1330. The molecular formula is C24H19F3N6O2. The Morgan fingerprint density at radius 1 is 0.943 bits per heavy atom. The monoisotopic (exact) mass is 480 g/mol. The number of benzene rings is 2. The van der Waals surface area contributed by atoms with E-state index in [-0.39, 0.29) is 19.0 Å². The first-order valence-corrected chi connectivity index (χ1v) is 10.8. The van der Waals surface area contributed by atoms with E-state index in [0.717, 1.165) is 5.56 Å². The van der Waals surface area contributed by atoms with Crippen molar-refractivity contribution in [3.05, 3.63) is 72.6 Å². The molecule has 1 N–H and O–H groups in total. The van der Waals surface area contributed by atoms with E-state index in [1.54, 1.807) is 30.5 Å². The molecule has 1 fully saturated rings. The van der Waals surface area contributed by atoms with Gasteiger partial charge in [-0.2, -0.15) is 13.2 Å². The van der Waals surface area contributed by atoms with E-state index in [2.05, 4.69) is 25.5 Å². The molecule has 1 amide bonds. The summed E-state index contributed by atoms with van der Waals surface area (Å²) >= 11 is 0. The number of hydrogen-bond donors (Lipinski definition) is 1. The van der Waals surface area contributed by atoms with Crippen LogP contribution in [0.25, 0.3) is 34.3 Å². The first-order chi connectivity index (χ1) is 16.9. The molecule has 8 nitrogen and oxygen atoms in total. The third kappa shape index (κ3) is 4.90. The van der Waals surface area contributed by atoms with E-state index in [9.17, 15) is 18.0 Å². The van der Waals surface area contributed by atoms with Crippen LogP contribution in [0, 0.1) is 0 Å². The molecule has 0 radical (unpaired) electrons. The van der Waals surface area contributed by atoms with Crippen molar-refractivity contribution in [2.45, 2.75) is 12.2 Å². The van der Waals surface area contributed by atoms with Gasteiger partial charge in [0.15, 0.2) is 0 Å². The first-order valence-electron chi connectivity index (χ1n) is 10.8. The fraction of sp³-hybridized carbons (Fsp3) is 0.208. The van der Waals surface area contributed by atoms with Crippen molar-refractivity contribution in [2.75, 3.05) is 19.6 Å². The molecule has 0 spiro atoms. The summed E-state index contributed by atoms with van der Waals surface area (Å²) in [5.74, 6) is 0.116. The highest BCUT2D eigenvalue weighted by Crippen LogP contribution is 2.26. The Labute approximate surface area is 197 Å². The fourth-order valence-electron chi connectivity index (χ4n) is 3.75. The largest absolute Gasteiger partial charge is 0.415 e. The van der Waals surface area contributed by atoms with Crippen LogP contribution in [-0.2, 0) is 0 Å². The highest BCUT2D eigenvalue weighted by molar-refractivity contribution is 5.94. The third-order valence-corrected chi connectivity index (χ3v) is 5.58. The summed E-state index contributed by atoms with van der Waals surface area (Å²) in [6.45, 7) is -0.138. The van der Waals surface area contributed by atoms with Gasteiger partial charge in [0.2, 0.25) is 5.89 Å². The van der Waals surface area contributed by atoms with Crippen molar-refractivity contribution in [2.24, 2.45) is 0 Å². The zero-order chi connectivity index (χ0) is 24.4. The summed E-state index contributed by atoms with van der Waals surface area (Å²) in [7, 11) is 0. The van der Waals surface area contributed by atoms with Crippen molar-refractivity contribution >= 4 is 5.91 Å². The van der Waals surface area contributed by atoms with Crippen LogP contribution < -0.4 is 5.32 Å². The molecule has 1 aliphatic heterocycles. The summed E-state index contributed by atoms with van der Waals surface area (Å²) < 4.78 is 44.8. The molecule has 0 bridgehead atoms. The standard InChI is InChI=1S/C24H19F3N6O2/c25-24(26,27)20-14-33(11-10-29-20)23(34)17-8-6-15(7-9-17)18-12-28-13-19(30-18)22-32-31-21(35-22)16-4-2-1-3-5-16/h1-9,12-13,20,29H,10-11,14H2. The van der Waals surface area contributed by atoms with Crippen LogP contribution in [-0.4, -0.2) is 62.8 Å². The number of hydrogen-bond acceptors (Lipinski definition) is 7. The maximum absolute atomic E-state index is 13.0. The number of nitrogens with one attached hydrogen (secondary N) is 1. The van der Waals surface area contributed by atoms with Crippen LogP contribution in [0.15, 0.2) is 71.4 Å². The van der Waals surface area contributed by atoms with Gasteiger partial charge in [-0.15, -0.1) is 10.2 Å². The minimum atomic E-state index is -4.41. The smallest absolute Gasteiger partial charge is 0.405 e. The van der Waals surface area contributed by atoms with Crippen LogP contribution in [0.1, 0.15) is 10.4 Å². The quantitative estimate of drug-likeness (QED) is 0.474. The second kappa shape index (κ2) is 9.26. The Morgan fingerprint density at radius 2 is 1.66 bits per heavy atom. The first kappa shape index (κ1) is 22.7. The molecule has 0 saturated carbocycles. The average molecular weight is 480 g/mol. The number of piperazine rings is 1. The number of carbonyl (C=O) groups is 1. The van der Waals surface area contributed by atoms with Crippen LogP contribution in [0.2, 0.25) is 0 Å². The lowest BCUT2D eigenvalue weighted by Crippen LogP contribution is -2.58. The zero-order valence-corrected chi connectivity index (χ0v) is 18.2. The molecule has 2 aromatic heterocycles. The van der Waals surface area contributed by atoms with Gasteiger partial charge in [-0.3, -0.25) is 9.78 Å². The molecule has 1 aliphatic rings. The molecule has 1 atom stereocenters. The highest BCUT2D eigenvalue weighted by Gasteiger charge is 2.42. The fourth-order valence-corrected chi connectivity index (χ4v) is 3.75. The molecule has 5 rings (SSSR count). The summed E-state index contributed by atoms with van der Waals surface area (Å²) in [5, 5.41) is 10.5. The minimum absolute atomic E-state index is 0.0814. The normalized spacial score (nSPS) is 16.3. The molecule has 3 heterocycles. The van der Waals surface area contributed by atoms with Crippen molar-refractivity contribution in [3.8, 4) is 34.3 Å². The predicted molar refractivity (Wildman–Crippen MR) is 120 cm³/mol. The molecule has 178 valence electrons. The average Bonchev–Trinajstić information content (AvgIpc) is 3.39. The molecule has 11 heteroatoms. The van der Waals surface area contributed by atoms with Crippen LogP contribution in [0.5, 0.6) is 0 Å². The predicted octanol–water partition coefficient (Wildman–Crippen LogP) is 3.84. The maximum Gasteiger partial charge on any atom is 0.405 e. The minimum Gasteiger partial charge on any atom is -0.415 e.